The van der Waals surface area contributed by atoms with Crippen LogP contribution in [0.25, 0.3) is 0 Å². The topological polar surface area (TPSA) is 44.7 Å². The van der Waals surface area contributed by atoms with Crippen molar-refractivity contribution in [3.8, 4) is 0 Å². The summed E-state index contributed by atoms with van der Waals surface area (Å²) in [6, 6.07) is 9.37. The molecule has 0 bridgehead atoms. The van der Waals surface area contributed by atoms with Crippen LogP contribution in [0.1, 0.15) is 30.7 Å². The molecule has 1 unspecified atom stereocenters. The number of benzene rings is 1. The Hall–Kier alpha value is -1.83. The summed E-state index contributed by atoms with van der Waals surface area (Å²) in [5.74, 6) is 2.57. The van der Waals surface area contributed by atoms with Crippen LogP contribution in [0, 0.1) is 0 Å². The van der Waals surface area contributed by atoms with E-state index in [4.69, 9.17) is 9.72 Å². The molecule has 1 fully saturated rings. The first-order valence-corrected chi connectivity index (χ1v) is 11.5. The molecule has 1 aromatic heterocycles. The zero-order valence-corrected chi connectivity index (χ0v) is 18.1. The van der Waals surface area contributed by atoms with E-state index in [1.807, 2.05) is 11.8 Å². The number of rotatable bonds is 5. The molecule has 0 radical (unpaired) electrons. The van der Waals surface area contributed by atoms with Gasteiger partial charge in [-0.2, -0.15) is 0 Å². The van der Waals surface area contributed by atoms with E-state index in [0.29, 0.717) is 12.0 Å². The zero-order chi connectivity index (χ0) is 19.8. The van der Waals surface area contributed by atoms with Crippen LogP contribution in [0.4, 0.5) is 17.2 Å². The minimum absolute atomic E-state index is 0.518. The molecular formula is C22H29N5OS. The lowest BCUT2D eigenvalue weighted by atomic mass is 9.98. The highest BCUT2D eigenvalue weighted by Crippen LogP contribution is 2.49. The maximum atomic E-state index is 5.60. The van der Waals surface area contributed by atoms with E-state index in [-0.39, 0.29) is 0 Å². The van der Waals surface area contributed by atoms with Gasteiger partial charge in [0.1, 0.15) is 17.0 Å². The average molecular weight is 412 g/mol. The highest BCUT2D eigenvalue weighted by molar-refractivity contribution is 7.99. The largest absolute Gasteiger partial charge is 0.381 e. The van der Waals surface area contributed by atoms with Crippen LogP contribution < -0.4 is 9.80 Å². The summed E-state index contributed by atoms with van der Waals surface area (Å²) in [6.07, 6.45) is 5.06. The molecule has 4 heterocycles. The van der Waals surface area contributed by atoms with E-state index in [1.54, 1.807) is 6.33 Å². The molecule has 1 aromatic carbocycles. The summed E-state index contributed by atoms with van der Waals surface area (Å²) in [5, 5.41) is 1.12. The Balaban J connectivity index is 1.50. The molecule has 2 aromatic rings. The van der Waals surface area contributed by atoms with Gasteiger partial charge in [-0.1, -0.05) is 30.0 Å². The summed E-state index contributed by atoms with van der Waals surface area (Å²) >= 11 is 1.84. The van der Waals surface area contributed by atoms with Crippen LogP contribution >= 0.6 is 11.8 Å². The molecule has 0 saturated carbocycles. The fraction of sp³-hybridized carbons (Fsp3) is 0.545. The van der Waals surface area contributed by atoms with Gasteiger partial charge in [-0.25, -0.2) is 9.97 Å². The lowest BCUT2D eigenvalue weighted by molar-refractivity contribution is 0.0853. The number of aromatic nitrogens is 2. The van der Waals surface area contributed by atoms with Crippen molar-refractivity contribution >= 4 is 29.0 Å². The molecule has 154 valence electrons. The van der Waals surface area contributed by atoms with Gasteiger partial charge in [0.2, 0.25) is 0 Å². The van der Waals surface area contributed by atoms with Gasteiger partial charge in [0.15, 0.2) is 5.82 Å². The maximum Gasteiger partial charge on any atom is 0.161 e. The van der Waals surface area contributed by atoms with Gasteiger partial charge in [-0.05, 0) is 51.5 Å². The number of anilines is 3. The highest BCUT2D eigenvalue weighted by Gasteiger charge is 2.37. The van der Waals surface area contributed by atoms with Gasteiger partial charge in [0.25, 0.3) is 0 Å². The van der Waals surface area contributed by atoms with Gasteiger partial charge in [0.05, 0.1) is 5.88 Å². The molecule has 7 heteroatoms. The summed E-state index contributed by atoms with van der Waals surface area (Å²) < 4.78 is 5.60. The van der Waals surface area contributed by atoms with Gasteiger partial charge in [0, 0.05) is 37.4 Å². The summed E-state index contributed by atoms with van der Waals surface area (Å²) in [6.45, 7) is 3.79. The van der Waals surface area contributed by atoms with Gasteiger partial charge in [-0.3, -0.25) is 0 Å². The van der Waals surface area contributed by atoms with E-state index < -0.39 is 0 Å². The first-order chi connectivity index (χ1) is 14.2. The molecule has 6 nitrogen and oxygen atoms in total. The summed E-state index contributed by atoms with van der Waals surface area (Å²) in [5.41, 5.74) is 3.98. The standard InChI is InChI=1S/C22H29N5OS/c1-25(2)10-7-16-13-26(19-6-4-3-5-18(16)19)21-20-22(24-14-23-21)29-15-27(20)17-8-11-28-12-9-17/h3-6,14,16-17H,7-13,15H2,1-2H3. The molecule has 29 heavy (non-hydrogen) atoms. The van der Waals surface area contributed by atoms with E-state index in [0.717, 1.165) is 62.3 Å². The zero-order valence-electron chi connectivity index (χ0n) is 17.3. The van der Waals surface area contributed by atoms with Crippen LogP contribution in [-0.4, -0.2) is 67.2 Å². The number of nitrogens with zero attached hydrogens (tertiary/aromatic N) is 5. The lowest BCUT2D eigenvalue weighted by Crippen LogP contribution is -2.38. The number of hydrogen-bond donors (Lipinski definition) is 0. The predicted octanol–water partition coefficient (Wildman–Crippen LogP) is 3.71. The SMILES string of the molecule is CN(C)CCC1CN(c2ncnc3c2N(C2CCOCC2)CS3)c2ccccc21. The smallest absolute Gasteiger partial charge is 0.161 e. The van der Waals surface area contributed by atoms with Crippen molar-refractivity contribution < 1.29 is 4.74 Å². The normalized spacial score (nSPS) is 21.7. The second-order valence-electron chi connectivity index (χ2n) is 8.40. The maximum absolute atomic E-state index is 5.60. The number of hydrogen-bond acceptors (Lipinski definition) is 7. The molecule has 3 aliphatic rings. The van der Waals surface area contributed by atoms with Crippen LogP contribution in [0.2, 0.25) is 0 Å². The predicted molar refractivity (Wildman–Crippen MR) is 118 cm³/mol. The number of thioether (sulfide) groups is 1. The monoisotopic (exact) mass is 411 g/mol. The molecular weight excluding hydrogens is 382 g/mol. The van der Waals surface area contributed by atoms with E-state index in [9.17, 15) is 0 Å². The Kier molecular flexibility index (Phi) is 5.37. The average Bonchev–Trinajstić information content (AvgIpc) is 3.35. The van der Waals surface area contributed by atoms with Crippen molar-refractivity contribution in [3.63, 3.8) is 0 Å². The van der Waals surface area contributed by atoms with Crippen molar-refractivity contribution in [2.75, 3.05) is 56.1 Å². The van der Waals surface area contributed by atoms with Crippen molar-refractivity contribution in [2.45, 2.75) is 36.2 Å². The molecule has 1 atom stereocenters. The Morgan fingerprint density at radius 1 is 1.17 bits per heavy atom. The lowest BCUT2D eigenvalue weighted by Gasteiger charge is -2.34. The fourth-order valence-corrected chi connectivity index (χ4v) is 5.81. The van der Waals surface area contributed by atoms with E-state index in [1.165, 1.54) is 16.9 Å². The van der Waals surface area contributed by atoms with Crippen molar-refractivity contribution in [1.82, 2.24) is 14.9 Å². The second kappa shape index (κ2) is 8.13. The highest BCUT2D eigenvalue weighted by atomic mass is 32.2. The van der Waals surface area contributed by atoms with Crippen LogP contribution in [0.15, 0.2) is 35.6 Å². The Morgan fingerprint density at radius 3 is 2.83 bits per heavy atom. The Bertz CT molecular complexity index is 870. The summed E-state index contributed by atoms with van der Waals surface area (Å²) in [7, 11) is 4.30. The fourth-order valence-electron chi connectivity index (χ4n) is 4.75. The van der Waals surface area contributed by atoms with Crippen LogP contribution in [-0.2, 0) is 4.74 Å². The molecule has 0 N–H and O–H groups in total. The number of para-hydroxylation sites is 1. The third-order valence-electron chi connectivity index (χ3n) is 6.28. The van der Waals surface area contributed by atoms with Crippen LogP contribution in [0.3, 0.4) is 0 Å². The van der Waals surface area contributed by atoms with Crippen molar-refractivity contribution in [2.24, 2.45) is 0 Å². The Morgan fingerprint density at radius 2 is 2.00 bits per heavy atom. The van der Waals surface area contributed by atoms with E-state index in [2.05, 4.69) is 58.0 Å². The molecule has 0 spiro atoms. The van der Waals surface area contributed by atoms with Crippen LogP contribution in [0.5, 0.6) is 0 Å². The number of ether oxygens (including phenoxy) is 1. The van der Waals surface area contributed by atoms with Gasteiger partial charge in [-0.15, -0.1) is 0 Å². The first-order valence-electron chi connectivity index (χ1n) is 10.6. The molecule has 0 amide bonds. The number of fused-ring (bicyclic) bond motifs is 2. The minimum atomic E-state index is 0.518. The van der Waals surface area contributed by atoms with Crippen molar-refractivity contribution in [3.05, 3.63) is 36.2 Å². The first kappa shape index (κ1) is 19.2. The van der Waals surface area contributed by atoms with Gasteiger partial charge < -0.3 is 19.4 Å². The minimum Gasteiger partial charge on any atom is -0.381 e. The third-order valence-corrected chi connectivity index (χ3v) is 7.26. The van der Waals surface area contributed by atoms with Crippen molar-refractivity contribution in [1.29, 1.82) is 0 Å². The molecule has 3 aliphatic heterocycles. The Labute approximate surface area is 177 Å². The summed E-state index contributed by atoms with van der Waals surface area (Å²) in [4.78, 5) is 16.7. The molecule has 0 aliphatic carbocycles. The van der Waals surface area contributed by atoms with E-state index >= 15 is 0 Å². The van der Waals surface area contributed by atoms with Gasteiger partial charge >= 0.3 is 0 Å². The molecule has 5 rings (SSSR count). The molecule has 1 saturated heterocycles. The second-order valence-corrected chi connectivity index (χ2v) is 9.33. The third kappa shape index (κ3) is 3.60. The quantitative estimate of drug-likeness (QED) is 0.695.